The molecule has 0 aliphatic carbocycles. The lowest BCUT2D eigenvalue weighted by Crippen LogP contribution is -2.13. The SMILES string of the molecule is CC/C(C)=N\Nc1nc2cc(C)c(NC(=O)c3ccc(Cl)c(Cl)c3)c(C)c2s1. The maximum absolute atomic E-state index is 12.7. The lowest BCUT2D eigenvalue weighted by atomic mass is 10.1. The summed E-state index contributed by atoms with van der Waals surface area (Å²) in [5, 5.41) is 8.78. The lowest BCUT2D eigenvalue weighted by Gasteiger charge is -2.12. The Morgan fingerprint density at radius 1 is 1.21 bits per heavy atom. The number of amides is 1. The largest absolute Gasteiger partial charge is 0.321 e. The van der Waals surface area contributed by atoms with Gasteiger partial charge in [0.2, 0.25) is 5.13 Å². The molecule has 1 aromatic heterocycles. The molecule has 3 rings (SSSR count). The average Bonchev–Trinajstić information content (AvgIpc) is 3.08. The van der Waals surface area contributed by atoms with Crippen molar-refractivity contribution in [1.29, 1.82) is 0 Å². The molecule has 0 saturated carbocycles. The topological polar surface area (TPSA) is 66.4 Å². The van der Waals surface area contributed by atoms with Crippen molar-refractivity contribution in [1.82, 2.24) is 4.98 Å². The summed E-state index contributed by atoms with van der Waals surface area (Å²) in [6.45, 7) is 7.94. The average molecular weight is 435 g/mol. The van der Waals surface area contributed by atoms with E-state index in [1.165, 1.54) is 11.3 Å². The Morgan fingerprint density at radius 2 is 1.96 bits per heavy atom. The molecule has 5 nitrogen and oxygen atoms in total. The fourth-order valence-corrected chi connectivity index (χ4v) is 3.86. The molecule has 0 aliphatic rings. The van der Waals surface area contributed by atoms with Crippen LogP contribution in [-0.2, 0) is 0 Å². The Balaban J connectivity index is 1.92. The summed E-state index contributed by atoms with van der Waals surface area (Å²) in [5.41, 5.74) is 8.00. The molecule has 0 bridgehead atoms. The maximum atomic E-state index is 12.7. The Hall–Kier alpha value is -2.15. The Labute approximate surface area is 177 Å². The number of anilines is 2. The van der Waals surface area contributed by atoms with Crippen molar-refractivity contribution in [3.05, 3.63) is 51.0 Å². The molecule has 2 aromatic carbocycles. The number of nitrogens with one attached hydrogen (secondary N) is 2. The summed E-state index contributed by atoms with van der Waals surface area (Å²) >= 11 is 13.5. The zero-order valence-electron chi connectivity index (χ0n) is 16.0. The highest BCUT2D eigenvalue weighted by Crippen LogP contribution is 2.35. The van der Waals surface area contributed by atoms with Crippen LogP contribution in [0.4, 0.5) is 10.8 Å². The molecule has 1 heterocycles. The second kappa shape index (κ2) is 8.47. The Kier molecular flexibility index (Phi) is 6.23. The number of halogens is 2. The summed E-state index contributed by atoms with van der Waals surface area (Å²) in [5.74, 6) is -0.241. The number of nitrogens with zero attached hydrogens (tertiary/aromatic N) is 2. The lowest BCUT2D eigenvalue weighted by molar-refractivity contribution is 0.102. The van der Waals surface area contributed by atoms with Crippen molar-refractivity contribution in [2.24, 2.45) is 5.10 Å². The first-order valence-electron chi connectivity index (χ1n) is 8.76. The highest BCUT2D eigenvalue weighted by Gasteiger charge is 2.16. The van der Waals surface area contributed by atoms with Gasteiger partial charge < -0.3 is 5.32 Å². The third kappa shape index (κ3) is 4.29. The number of carbonyl (C=O) groups is 1. The molecular weight excluding hydrogens is 415 g/mol. The predicted molar refractivity (Wildman–Crippen MR) is 121 cm³/mol. The normalized spacial score (nSPS) is 11.7. The maximum Gasteiger partial charge on any atom is 0.255 e. The zero-order chi connectivity index (χ0) is 20.4. The van der Waals surface area contributed by atoms with Crippen molar-refractivity contribution < 1.29 is 4.79 Å². The molecule has 0 saturated heterocycles. The van der Waals surface area contributed by atoms with Crippen LogP contribution in [0.2, 0.25) is 10.0 Å². The van der Waals surface area contributed by atoms with E-state index in [1.807, 2.05) is 26.8 Å². The van der Waals surface area contributed by atoms with Gasteiger partial charge >= 0.3 is 0 Å². The first kappa shape index (κ1) is 20.6. The van der Waals surface area contributed by atoms with Crippen LogP contribution in [0.15, 0.2) is 29.4 Å². The zero-order valence-corrected chi connectivity index (χ0v) is 18.3. The number of thiazole rings is 1. The summed E-state index contributed by atoms with van der Waals surface area (Å²) in [7, 11) is 0. The molecule has 28 heavy (non-hydrogen) atoms. The summed E-state index contributed by atoms with van der Waals surface area (Å²) in [4.78, 5) is 17.3. The van der Waals surface area contributed by atoms with Gasteiger partial charge in [-0.3, -0.25) is 10.2 Å². The molecule has 0 fully saturated rings. The van der Waals surface area contributed by atoms with Crippen molar-refractivity contribution in [2.45, 2.75) is 34.1 Å². The van der Waals surface area contributed by atoms with Gasteiger partial charge in [0.15, 0.2) is 0 Å². The predicted octanol–water partition coefficient (Wildman–Crippen LogP) is 6.67. The minimum absolute atomic E-state index is 0.241. The number of aryl methyl sites for hydroxylation is 2. The quantitative estimate of drug-likeness (QED) is 0.347. The summed E-state index contributed by atoms with van der Waals surface area (Å²) in [6.07, 6.45) is 0.876. The molecule has 2 N–H and O–H groups in total. The molecule has 0 aliphatic heterocycles. The van der Waals surface area contributed by atoms with Crippen molar-refractivity contribution in [2.75, 3.05) is 10.7 Å². The van der Waals surface area contributed by atoms with Crippen LogP contribution >= 0.6 is 34.5 Å². The van der Waals surface area contributed by atoms with E-state index >= 15 is 0 Å². The molecule has 0 radical (unpaired) electrons. The molecule has 1 amide bonds. The molecule has 3 aromatic rings. The van der Waals surface area contributed by atoms with Crippen molar-refractivity contribution >= 4 is 67.2 Å². The monoisotopic (exact) mass is 434 g/mol. The van der Waals surface area contributed by atoms with E-state index in [4.69, 9.17) is 23.2 Å². The van der Waals surface area contributed by atoms with Gasteiger partial charge in [0, 0.05) is 17.0 Å². The van der Waals surface area contributed by atoms with Crippen LogP contribution in [0.1, 0.15) is 41.8 Å². The van der Waals surface area contributed by atoms with Crippen LogP contribution < -0.4 is 10.7 Å². The number of rotatable bonds is 5. The first-order chi connectivity index (χ1) is 13.3. The van der Waals surface area contributed by atoms with Crippen molar-refractivity contribution in [3.63, 3.8) is 0 Å². The van der Waals surface area contributed by atoms with E-state index in [2.05, 4.69) is 27.8 Å². The third-order valence-corrected chi connectivity index (χ3v) is 6.23. The smallest absolute Gasteiger partial charge is 0.255 e. The van der Waals surface area contributed by atoms with Gasteiger partial charge in [-0.2, -0.15) is 5.10 Å². The summed E-state index contributed by atoms with van der Waals surface area (Å²) < 4.78 is 1.00. The summed E-state index contributed by atoms with van der Waals surface area (Å²) in [6, 6.07) is 6.78. The van der Waals surface area contributed by atoms with Gasteiger partial charge in [-0.25, -0.2) is 4.98 Å². The van der Waals surface area contributed by atoms with Gasteiger partial charge in [-0.15, -0.1) is 0 Å². The second-order valence-electron chi connectivity index (χ2n) is 6.46. The van der Waals surface area contributed by atoms with Gasteiger partial charge in [-0.1, -0.05) is 41.5 Å². The van der Waals surface area contributed by atoms with E-state index in [0.717, 1.165) is 44.3 Å². The minimum atomic E-state index is -0.241. The fraction of sp³-hybridized carbons (Fsp3) is 0.250. The number of hydrogen-bond donors (Lipinski definition) is 2. The van der Waals surface area contributed by atoms with E-state index in [9.17, 15) is 4.79 Å². The van der Waals surface area contributed by atoms with Crippen LogP contribution in [0, 0.1) is 13.8 Å². The molecule has 0 spiro atoms. The van der Waals surface area contributed by atoms with Crippen molar-refractivity contribution in [3.8, 4) is 0 Å². The van der Waals surface area contributed by atoms with E-state index in [-0.39, 0.29) is 5.91 Å². The molecule has 146 valence electrons. The number of fused-ring (bicyclic) bond motifs is 1. The first-order valence-corrected chi connectivity index (χ1v) is 10.3. The van der Waals surface area contributed by atoms with E-state index < -0.39 is 0 Å². The van der Waals surface area contributed by atoms with Crippen LogP contribution in [-0.4, -0.2) is 16.6 Å². The number of benzene rings is 2. The van der Waals surface area contributed by atoms with E-state index in [0.29, 0.717) is 15.6 Å². The van der Waals surface area contributed by atoms with Crippen LogP contribution in [0.25, 0.3) is 10.2 Å². The minimum Gasteiger partial charge on any atom is -0.321 e. The number of aromatic nitrogens is 1. The Morgan fingerprint density at radius 3 is 2.64 bits per heavy atom. The van der Waals surface area contributed by atoms with Crippen LogP contribution in [0.3, 0.4) is 0 Å². The molecule has 8 heteroatoms. The molecular formula is C20H20Cl2N4OS. The van der Waals surface area contributed by atoms with E-state index in [1.54, 1.807) is 18.2 Å². The van der Waals surface area contributed by atoms with Gasteiger partial charge in [0.25, 0.3) is 5.91 Å². The highest BCUT2D eigenvalue weighted by atomic mass is 35.5. The number of carbonyl (C=O) groups excluding carboxylic acids is 1. The highest BCUT2D eigenvalue weighted by molar-refractivity contribution is 7.22. The number of hydrazone groups is 1. The second-order valence-corrected chi connectivity index (χ2v) is 8.27. The van der Waals surface area contributed by atoms with Crippen LogP contribution in [0.5, 0.6) is 0 Å². The standard InChI is InChI=1S/C20H20Cl2N4OS/c1-5-11(3)25-26-20-23-16-8-10(2)17(12(4)18(16)28-20)24-19(27)13-6-7-14(21)15(22)9-13/h6-9H,5H2,1-4H3,(H,23,26)(H,24,27)/b25-11-. The molecule has 0 unspecified atom stereocenters. The third-order valence-electron chi connectivity index (χ3n) is 4.39. The number of hydrogen-bond acceptors (Lipinski definition) is 5. The van der Waals surface area contributed by atoms with Gasteiger partial charge in [0.1, 0.15) is 0 Å². The van der Waals surface area contributed by atoms with Gasteiger partial charge in [0.05, 0.1) is 20.3 Å². The fourth-order valence-electron chi connectivity index (χ4n) is 2.67. The Bertz CT molecular complexity index is 1090. The van der Waals surface area contributed by atoms with Gasteiger partial charge in [-0.05, 0) is 62.6 Å². The molecule has 0 atom stereocenters.